The molecule has 2 atom stereocenters. The maximum Gasteiger partial charge on any atom is 0.0995 e. The van der Waals surface area contributed by atoms with Gasteiger partial charge in [-0.1, -0.05) is 31.5 Å². The Morgan fingerprint density at radius 1 is 1.40 bits per heavy atom. The number of rotatable bonds is 3. The molecule has 1 saturated carbocycles. The summed E-state index contributed by atoms with van der Waals surface area (Å²) in [7, 11) is 0. The second kappa shape index (κ2) is 5.20. The number of β-amino-alcohol motifs (C(OH)–C–C–N with tert-alkyl or cyclic N) is 1. The fourth-order valence-electron chi connectivity index (χ4n) is 3.69. The third-order valence-electron chi connectivity index (χ3n) is 5.21. The molecule has 1 aromatic carbocycles. The molecule has 3 nitrogen and oxygen atoms in total. The highest BCUT2D eigenvalue weighted by molar-refractivity contribution is 5.37. The Labute approximate surface area is 120 Å². The molecule has 0 bridgehead atoms. The molecular weight excluding hydrogens is 248 g/mol. The number of benzene rings is 1. The largest absolute Gasteiger partial charge is 0.388 e. The SMILES string of the molecule is C[C@@H]1CN(Cc2ccccc2C#N)C[C@@]1(O)C1CCC1. The van der Waals surface area contributed by atoms with Crippen molar-refractivity contribution < 1.29 is 5.11 Å². The van der Waals surface area contributed by atoms with E-state index in [1.165, 1.54) is 19.3 Å². The van der Waals surface area contributed by atoms with Gasteiger partial charge in [0.2, 0.25) is 0 Å². The highest BCUT2D eigenvalue weighted by Gasteiger charge is 2.49. The summed E-state index contributed by atoms with van der Waals surface area (Å²) in [6.45, 7) is 4.60. The fraction of sp³-hybridized carbons (Fsp3) is 0.588. The summed E-state index contributed by atoms with van der Waals surface area (Å²) in [5.41, 5.74) is 1.30. The van der Waals surface area contributed by atoms with Crippen molar-refractivity contribution in [2.75, 3.05) is 13.1 Å². The average molecular weight is 270 g/mol. The van der Waals surface area contributed by atoms with Gasteiger partial charge in [-0.05, 0) is 36.3 Å². The van der Waals surface area contributed by atoms with Crippen LogP contribution in [-0.2, 0) is 6.54 Å². The van der Waals surface area contributed by atoms with E-state index in [1.807, 2.05) is 24.3 Å². The first kappa shape index (κ1) is 13.6. The summed E-state index contributed by atoms with van der Waals surface area (Å²) >= 11 is 0. The van der Waals surface area contributed by atoms with Crippen molar-refractivity contribution in [2.24, 2.45) is 11.8 Å². The molecule has 20 heavy (non-hydrogen) atoms. The van der Waals surface area contributed by atoms with E-state index < -0.39 is 5.60 Å². The molecule has 3 rings (SSSR count). The lowest BCUT2D eigenvalue weighted by molar-refractivity contribution is -0.0672. The van der Waals surface area contributed by atoms with Gasteiger partial charge in [0.1, 0.15) is 0 Å². The first-order valence-electron chi connectivity index (χ1n) is 7.56. The minimum Gasteiger partial charge on any atom is -0.388 e. The van der Waals surface area contributed by atoms with Crippen molar-refractivity contribution in [1.82, 2.24) is 4.90 Å². The molecule has 1 heterocycles. The average Bonchev–Trinajstić information content (AvgIpc) is 2.63. The number of hydrogen-bond acceptors (Lipinski definition) is 3. The summed E-state index contributed by atoms with van der Waals surface area (Å²) in [4.78, 5) is 2.30. The minimum atomic E-state index is -0.514. The molecule has 0 spiro atoms. The molecule has 0 unspecified atom stereocenters. The van der Waals surface area contributed by atoms with Crippen molar-refractivity contribution in [1.29, 1.82) is 5.26 Å². The number of aliphatic hydroxyl groups is 1. The molecular formula is C17H22N2O. The van der Waals surface area contributed by atoms with E-state index in [4.69, 9.17) is 5.26 Å². The zero-order chi connectivity index (χ0) is 14.2. The molecule has 0 aromatic heterocycles. The maximum absolute atomic E-state index is 10.9. The van der Waals surface area contributed by atoms with Crippen molar-refractivity contribution in [3.8, 4) is 6.07 Å². The number of nitrogens with zero attached hydrogens (tertiary/aromatic N) is 2. The Morgan fingerprint density at radius 2 is 2.15 bits per heavy atom. The Kier molecular flexibility index (Phi) is 3.54. The van der Waals surface area contributed by atoms with Crippen molar-refractivity contribution in [3.63, 3.8) is 0 Å². The van der Waals surface area contributed by atoms with Gasteiger partial charge >= 0.3 is 0 Å². The lowest BCUT2D eigenvalue weighted by atomic mass is 9.69. The van der Waals surface area contributed by atoms with Crippen molar-refractivity contribution in [3.05, 3.63) is 35.4 Å². The number of likely N-dealkylation sites (tertiary alicyclic amines) is 1. The Morgan fingerprint density at radius 3 is 2.80 bits per heavy atom. The van der Waals surface area contributed by atoms with Gasteiger partial charge in [-0.15, -0.1) is 0 Å². The van der Waals surface area contributed by atoms with Gasteiger partial charge in [-0.25, -0.2) is 0 Å². The summed E-state index contributed by atoms with van der Waals surface area (Å²) in [6.07, 6.45) is 3.60. The van der Waals surface area contributed by atoms with Gasteiger partial charge in [0.15, 0.2) is 0 Å². The third-order valence-corrected chi connectivity index (χ3v) is 5.21. The van der Waals surface area contributed by atoms with Crippen LogP contribution in [-0.4, -0.2) is 28.7 Å². The summed E-state index contributed by atoms with van der Waals surface area (Å²) < 4.78 is 0. The van der Waals surface area contributed by atoms with E-state index >= 15 is 0 Å². The molecule has 1 aromatic rings. The monoisotopic (exact) mass is 270 g/mol. The van der Waals surface area contributed by atoms with Crippen molar-refractivity contribution >= 4 is 0 Å². The summed E-state index contributed by atoms with van der Waals surface area (Å²) in [5, 5.41) is 20.1. The predicted octanol–water partition coefficient (Wildman–Crippen LogP) is 2.54. The molecule has 1 N–H and O–H groups in total. The second-order valence-electron chi connectivity index (χ2n) is 6.46. The lowest BCUT2D eigenvalue weighted by Crippen LogP contribution is -2.47. The fourth-order valence-corrected chi connectivity index (χ4v) is 3.69. The number of hydrogen-bond donors (Lipinski definition) is 1. The van der Waals surface area contributed by atoms with E-state index in [0.717, 1.165) is 30.8 Å². The quantitative estimate of drug-likeness (QED) is 0.918. The Balaban J connectivity index is 1.72. The van der Waals surface area contributed by atoms with Gasteiger partial charge in [0, 0.05) is 19.6 Å². The van der Waals surface area contributed by atoms with E-state index in [-0.39, 0.29) is 0 Å². The normalized spacial score (nSPS) is 30.9. The van der Waals surface area contributed by atoms with Crippen LogP contribution in [0.5, 0.6) is 0 Å². The van der Waals surface area contributed by atoms with Gasteiger partial charge in [-0.2, -0.15) is 5.26 Å². The highest BCUT2D eigenvalue weighted by Crippen LogP contribution is 2.44. The van der Waals surface area contributed by atoms with Crippen LogP contribution < -0.4 is 0 Å². The topological polar surface area (TPSA) is 47.3 Å². The van der Waals surface area contributed by atoms with Gasteiger partial charge in [0.25, 0.3) is 0 Å². The standard InChI is InChI=1S/C17H22N2O/c1-13-10-19(12-17(13,20)16-7-4-8-16)11-15-6-3-2-5-14(15)9-18/h2-3,5-6,13,16,20H,4,7-8,10-12H2,1H3/t13-,17+/m1/s1. The molecule has 2 aliphatic rings. The van der Waals surface area contributed by atoms with Crippen LogP contribution in [0.4, 0.5) is 0 Å². The molecule has 2 fully saturated rings. The smallest absolute Gasteiger partial charge is 0.0995 e. The zero-order valence-corrected chi connectivity index (χ0v) is 12.0. The first-order valence-corrected chi connectivity index (χ1v) is 7.56. The Hall–Kier alpha value is -1.37. The maximum atomic E-state index is 10.9. The number of nitriles is 1. The first-order chi connectivity index (χ1) is 9.63. The third kappa shape index (κ3) is 2.24. The summed E-state index contributed by atoms with van der Waals surface area (Å²) in [6, 6.07) is 10.0. The molecule has 106 valence electrons. The molecule has 1 aliphatic heterocycles. The van der Waals surface area contributed by atoms with E-state index in [1.54, 1.807) is 0 Å². The summed E-state index contributed by atoms with van der Waals surface area (Å²) in [5.74, 6) is 0.802. The molecule has 1 saturated heterocycles. The molecule has 0 radical (unpaired) electrons. The molecule has 0 amide bonds. The van der Waals surface area contributed by atoms with E-state index in [2.05, 4.69) is 17.9 Å². The van der Waals surface area contributed by atoms with Crippen LogP contribution in [0.3, 0.4) is 0 Å². The second-order valence-corrected chi connectivity index (χ2v) is 6.46. The van der Waals surface area contributed by atoms with Gasteiger partial charge in [-0.3, -0.25) is 4.90 Å². The zero-order valence-electron chi connectivity index (χ0n) is 12.0. The van der Waals surface area contributed by atoms with Crippen LogP contribution in [0.15, 0.2) is 24.3 Å². The van der Waals surface area contributed by atoms with E-state index in [0.29, 0.717) is 11.8 Å². The van der Waals surface area contributed by atoms with Crippen molar-refractivity contribution in [2.45, 2.75) is 38.3 Å². The van der Waals surface area contributed by atoms with Crippen LogP contribution in [0.1, 0.15) is 37.3 Å². The highest BCUT2D eigenvalue weighted by atomic mass is 16.3. The van der Waals surface area contributed by atoms with E-state index in [9.17, 15) is 5.11 Å². The minimum absolute atomic E-state index is 0.321. The van der Waals surface area contributed by atoms with Crippen LogP contribution in [0.25, 0.3) is 0 Å². The Bertz CT molecular complexity index is 532. The van der Waals surface area contributed by atoms with Crippen LogP contribution in [0.2, 0.25) is 0 Å². The van der Waals surface area contributed by atoms with Gasteiger partial charge < -0.3 is 5.11 Å². The van der Waals surface area contributed by atoms with Gasteiger partial charge in [0.05, 0.1) is 17.2 Å². The van der Waals surface area contributed by atoms with Crippen LogP contribution >= 0.6 is 0 Å². The predicted molar refractivity (Wildman–Crippen MR) is 77.9 cm³/mol. The molecule has 3 heteroatoms. The lowest BCUT2D eigenvalue weighted by Gasteiger charge is -2.41. The van der Waals surface area contributed by atoms with Crippen LogP contribution in [0, 0.1) is 23.2 Å². The molecule has 1 aliphatic carbocycles.